The van der Waals surface area contributed by atoms with E-state index in [4.69, 9.17) is 13.9 Å². The van der Waals surface area contributed by atoms with Crippen LogP contribution in [0, 0.1) is 6.92 Å². The molecule has 0 aliphatic carbocycles. The molecule has 0 N–H and O–H groups in total. The fraction of sp³-hybridized carbons (Fsp3) is 0.474. The zero-order valence-electron chi connectivity index (χ0n) is 14.3. The van der Waals surface area contributed by atoms with Gasteiger partial charge in [-0.1, -0.05) is 6.07 Å². The summed E-state index contributed by atoms with van der Waals surface area (Å²) in [4.78, 5) is 19.1. The van der Waals surface area contributed by atoms with E-state index < -0.39 is 0 Å². The molecule has 6 heteroatoms. The fourth-order valence-corrected chi connectivity index (χ4v) is 3.73. The van der Waals surface area contributed by atoms with Crippen LogP contribution in [0.2, 0.25) is 0 Å². The number of rotatable bonds is 4. The van der Waals surface area contributed by atoms with Crippen molar-refractivity contribution in [3.63, 3.8) is 0 Å². The van der Waals surface area contributed by atoms with Gasteiger partial charge in [-0.15, -0.1) is 0 Å². The average Bonchev–Trinajstić information content (AvgIpc) is 3.24. The van der Waals surface area contributed by atoms with Crippen molar-refractivity contribution in [3.8, 4) is 0 Å². The molecule has 0 bridgehead atoms. The van der Waals surface area contributed by atoms with Crippen molar-refractivity contribution < 1.29 is 18.7 Å². The molecule has 0 radical (unpaired) electrons. The van der Waals surface area contributed by atoms with E-state index in [0.717, 1.165) is 25.1 Å². The molecule has 132 valence electrons. The van der Waals surface area contributed by atoms with Crippen molar-refractivity contribution in [1.82, 2.24) is 9.88 Å². The highest BCUT2D eigenvalue weighted by Crippen LogP contribution is 2.32. The highest BCUT2D eigenvalue weighted by Gasteiger charge is 2.47. The molecule has 1 amide bonds. The molecule has 4 heterocycles. The quantitative estimate of drug-likeness (QED) is 0.854. The lowest BCUT2D eigenvalue weighted by Gasteiger charge is -2.32. The first-order valence-corrected chi connectivity index (χ1v) is 8.72. The lowest BCUT2D eigenvalue weighted by atomic mass is 10.0. The predicted molar refractivity (Wildman–Crippen MR) is 90.1 cm³/mol. The van der Waals surface area contributed by atoms with Gasteiger partial charge >= 0.3 is 0 Å². The number of furan rings is 1. The number of aryl methyl sites for hydroxylation is 1. The van der Waals surface area contributed by atoms with Gasteiger partial charge in [0.15, 0.2) is 0 Å². The van der Waals surface area contributed by atoms with E-state index in [1.165, 1.54) is 0 Å². The fourth-order valence-electron chi connectivity index (χ4n) is 3.73. The maximum atomic E-state index is 12.9. The molecule has 2 aromatic heterocycles. The zero-order valence-corrected chi connectivity index (χ0v) is 14.3. The van der Waals surface area contributed by atoms with E-state index in [-0.39, 0.29) is 24.2 Å². The highest BCUT2D eigenvalue weighted by atomic mass is 16.5. The summed E-state index contributed by atoms with van der Waals surface area (Å²) in [5.41, 5.74) is 1.50. The van der Waals surface area contributed by atoms with Crippen LogP contribution in [0.4, 0.5) is 0 Å². The Hall–Kier alpha value is -2.18. The van der Waals surface area contributed by atoms with Gasteiger partial charge in [-0.05, 0) is 38.0 Å². The number of fused-ring (bicyclic) bond motifs is 1. The van der Waals surface area contributed by atoms with Gasteiger partial charge in [-0.25, -0.2) is 0 Å². The number of ether oxygens (including phenoxy) is 2. The largest absolute Gasteiger partial charge is 0.469 e. The second kappa shape index (κ2) is 6.98. The van der Waals surface area contributed by atoms with Crippen LogP contribution in [-0.4, -0.2) is 47.2 Å². The molecule has 3 atom stereocenters. The lowest BCUT2D eigenvalue weighted by molar-refractivity contribution is -0.0814. The number of amides is 1. The smallest absolute Gasteiger partial charge is 0.257 e. The molecule has 2 fully saturated rings. The van der Waals surface area contributed by atoms with E-state index in [2.05, 4.69) is 4.98 Å². The Morgan fingerprint density at radius 1 is 1.40 bits per heavy atom. The van der Waals surface area contributed by atoms with Crippen LogP contribution < -0.4 is 0 Å². The van der Waals surface area contributed by atoms with Crippen LogP contribution in [0.5, 0.6) is 0 Å². The Morgan fingerprint density at radius 2 is 2.32 bits per heavy atom. The summed E-state index contributed by atoms with van der Waals surface area (Å²) >= 11 is 0. The summed E-state index contributed by atoms with van der Waals surface area (Å²) < 4.78 is 17.3. The van der Waals surface area contributed by atoms with Gasteiger partial charge in [-0.3, -0.25) is 9.78 Å². The molecular weight excluding hydrogens is 320 g/mol. The third-order valence-corrected chi connectivity index (χ3v) is 5.00. The lowest BCUT2D eigenvalue weighted by Crippen LogP contribution is -2.43. The Kier molecular flexibility index (Phi) is 4.55. The van der Waals surface area contributed by atoms with Crippen LogP contribution >= 0.6 is 0 Å². The minimum Gasteiger partial charge on any atom is -0.469 e. The van der Waals surface area contributed by atoms with E-state index in [9.17, 15) is 4.79 Å². The number of carbonyl (C=O) groups excluding carboxylic acids is 1. The minimum absolute atomic E-state index is 0.00399. The third-order valence-electron chi connectivity index (χ3n) is 5.00. The number of pyridine rings is 1. The first kappa shape index (κ1) is 16.3. The molecule has 2 aliphatic heterocycles. The summed E-state index contributed by atoms with van der Waals surface area (Å²) in [6, 6.07) is 7.55. The maximum Gasteiger partial charge on any atom is 0.257 e. The Morgan fingerprint density at radius 3 is 3.08 bits per heavy atom. The molecule has 4 rings (SSSR count). The van der Waals surface area contributed by atoms with Gasteiger partial charge in [0.05, 0.1) is 36.7 Å². The van der Waals surface area contributed by atoms with Crippen LogP contribution in [0.1, 0.15) is 34.7 Å². The van der Waals surface area contributed by atoms with Crippen molar-refractivity contribution in [2.75, 3.05) is 13.2 Å². The van der Waals surface area contributed by atoms with E-state index in [0.29, 0.717) is 24.5 Å². The Bertz CT molecular complexity index is 730. The minimum atomic E-state index is -0.136. The van der Waals surface area contributed by atoms with Crippen molar-refractivity contribution in [3.05, 3.63) is 53.7 Å². The van der Waals surface area contributed by atoms with Crippen molar-refractivity contribution in [2.45, 2.75) is 44.6 Å². The summed E-state index contributed by atoms with van der Waals surface area (Å²) in [6.07, 6.45) is 5.00. The molecule has 0 aromatic carbocycles. The van der Waals surface area contributed by atoms with Crippen molar-refractivity contribution in [2.24, 2.45) is 0 Å². The summed E-state index contributed by atoms with van der Waals surface area (Å²) in [6.45, 7) is 3.49. The summed E-state index contributed by atoms with van der Waals surface area (Å²) in [5.74, 6) is 0.645. The topological polar surface area (TPSA) is 64.8 Å². The number of likely N-dealkylation sites (tertiary alicyclic amines) is 1. The van der Waals surface area contributed by atoms with Crippen molar-refractivity contribution >= 4 is 5.91 Å². The van der Waals surface area contributed by atoms with Crippen LogP contribution in [-0.2, 0) is 16.1 Å². The Labute approximate surface area is 146 Å². The molecule has 6 nitrogen and oxygen atoms in total. The Balaban J connectivity index is 1.49. The average molecular weight is 342 g/mol. The van der Waals surface area contributed by atoms with Gasteiger partial charge in [0.2, 0.25) is 0 Å². The second-order valence-corrected chi connectivity index (χ2v) is 6.56. The van der Waals surface area contributed by atoms with Crippen LogP contribution in [0.15, 0.2) is 41.1 Å². The first-order chi connectivity index (χ1) is 12.2. The van der Waals surface area contributed by atoms with Gasteiger partial charge in [-0.2, -0.15) is 0 Å². The molecule has 2 saturated heterocycles. The highest BCUT2D eigenvalue weighted by molar-refractivity contribution is 5.95. The molecule has 25 heavy (non-hydrogen) atoms. The van der Waals surface area contributed by atoms with E-state index >= 15 is 0 Å². The maximum absolute atomic E-state index is 12.9. The summed E-state index contributed by atoms with van der Waals surface area (Å²) in [5, 5.41) is 0. The van der Waals surface area contributed by atoms with Crippen molar-refractivity contribution in [1.29, 1.82) is 0 Å². The molecule has 0 saturated carbocycles. The van der Waals surface area contributed by atoms with E-state index in [1.54, 1.807) is 18.5 Å². The normalized spacial score (nSPS) is 25.8. The van der Waals surface area contributed by atoms with Gasteiger partial charge in [0, 0.05) is 12.8 Å². The number of carbonyl (C=O) groups is 1. The third kappa shape index (κ3) is 3.19. The number of hydrogen-bond acceptors (Lipinski definition) is 5. The van der Waals surface area contributed by atoms with Crippen LogP contribution in [0.3, 0.4) is 0 Å². The second-order valence-electron chi connectivity index (χ2n) is 6.56. The van der Waals surface area contributed by atoms with E-state index in [1.807, 2.05) is 30.0 Å². The first-order valence-electron chi connectivity index (χ1n) is 8.72. The monoisotopic (exact) mass is 342 g/mol. The van der Waals surface area contributed by atoms with Gasteiger partial charge in [0.1, 0.15) is 18.0 Å². The molecule has 2 aromatic rings. The molecule has 2 aliphatic rings. The summed E-state index contributed by atoms with van der Waals surface area (Å²) in [7, 11) is 0. The number of aromatic nitrogens is 1. The number of hydrogen-bond donors (Lipinski definition) is 0. The standard InChI is InChI=1S/C19H22N2O4/c1-13-15(7-10-23-13)19(22)21-11-17(18-16(21)6-4-9-24-18)25-12-14-5-2-3-8-20-14/h2-3,5,7-8,10,16-18H,4,6,9,11-12H2,1H3/t16-,17-,18+/m1/s1. The molecule has 0 spiro atoms. The SMILES string of the molecule is Cc1occc1C(=O)N1C[C@@H](OCc2ccccn2)[C@H]2OCCC[C@H]21. The van der Waals surface area contributed by atoms with Gasteiger partial charge in [0.25, 0.3) is 5.91 Å². The molecule has 0 unspecified atom stereocenters. The predicted octanol–water partition coefficient (Wildman–Crippen LogP) is 2.57. The van der Waals surface area contributed by atoms with Crippen LogP contribution in [0.25, 0.3) is 0 Å². The molecular formula is C19H22N2O4. The van der Waals surface area contributed by atoms with Gasteiger partial charge < -0.3 is 18.8 Å². The number of nitrogens with zero attached hydrogens (tertiary/aromatic N) is 2. The zero-order chi connectivity index (χ0) is 17.2.